The molecule has 0 aromatic heterocycles. The maximum atomic E-state index is 3.25. The fraction of sp³-hybridized carbons (Fsp3) is 0.333. The molecule has 0 aliphatic carbocycles. The molecule has 2 rings (SSSR count). The summed E-state index contributed by atoms with van der Waals surface area (Å²) in [5.41, 5.74) is 7.73. The number of benzene rings is 2. The molecule has 0 aliphatic rings. The van der Waals surface area contributed by atoms with Gasteiger partial charge in [0, 0.05) is 25.0 Å². The van der Waals surface area contributed by atoms with Crippen LogP contribution in [0.25, 0.3) is 0 Å². The van der Waals surface area contributed by atoms with Gasteiger partial charge in [-0.15, -0.1) is 0 Å². The number of hydrogen-bond donors (Lipinski definition) is 1. The average Bonchev–Trinajstić information content (AvgIpc) is 2.37. The van der Waals surface area contributed by atoms with Crippen LogP contribution in [0.1, 0.15) is 22.3 Å². The van der Waals surface area contributed by atoms with Crippen molar-refractivity contribution in [1.29, 1.82) is 0 Å². The van der Waals surface area contributed by atoms with Crippen molar-refractivity contribution in [3.8, 4) is 0 Å². The van der Waals surface area contributed by atoms with Gasteiger partial charge in [-0.3, -0.25) is 0 Å². The van der Waals surface area contributed by atoms with E-state index in [9.17, 15) is 0 Å². The van der Waals surface area contributed by atoms with Crippen molar-refractivity contribution in [3.05, 3.63) is 58.7 Å². The summed E-state index contributed by atoms with van der Waals surface area (Å²) in [7, 11) is 4.13. The number of nitrogens with one attached hydrogen (secondary N) is 1. The van der Waals surface area contributed by atoms with Gasteiger partial charge in [-0.05, 0) is 62.7 Å². The first-order valence-electron chi connectivity index (χ1n) is 7.07. The largest absolute Gasteiger partial charge is 0.344 e. The Morgan fingerprint density at radius 2 is 1.55 bits per heavy atom. The highest BCUT2D eigenvalue weighted by Crippen LogP contribution is 2.29. The highest BCUT2D eigenvalue weighted by atomic mass is 15.1. The normalized spacial score (nSPS) is 10.7. The topological polar surface area (TPSA) is 15.3 Å². The van der Waals surface area contributed by atoms with E-state index in [-0.39, 0.29) is 0 Å². The number of rotatable bonds is 4. The van der Waals surface area contributed by atoms with Crippen molar-refractivity contribution >= 4 is 11.4 Å². The summed E-state index contributed by atoms with van der Waals surface area (Å²) >= 11 is 0. The third-order valence-corrected chi connectivity index (χ3v) is 3.56. The average molecular weight is 268 g/mol. The maximum Gasteiger partial charge on any atom is 0.0453 e. The van der Waals surface area contributed by atoms with Gasteiger partial charge in [-0.1, -0.05) is 23.8 Å². The lowest BCUT2D eigenvalue weighted by Gasteiger charge is -2.24. The lowest BCUT2D eigenvalue weighted by molar-refractivity contribution is 0.815. The number of nitrogens with zero attached hydrogens (tertiary/aromatic N) is 1. The molecule has 1 N–H and O–H groups in total. The van der Waals surface area contributed by atoms with Crippen molar-refractivity contribution in [3.63, 3.8) is 0 Å². The van der Waals surface area contributed by atoms with E-state index in [1.165, 1.54) is 33.6 Å². The van der Waals surface area contributed by atoms with Gasteiger partial charge in [0.15, 0.2) is 0 Å². The Morgan fingerprint density at radius 1 is 0.900 bits per heavy atom. The molecule has 0 fully saturated rings. The molecule has 0 unspecified atom stereocenters. The second-order valence-corrected chi connectivity index (χ2v) is 5.57. The predicted molar refractivity (Wildman–Crippen MR) is 87.9 cm³/mol. The zero-order valence-electron chi connectivity index (χ0n) is 13.1. The van der Waals surface area contributed by atoms with E-state index < -0.39 is 0 Å². The molecule has 0 heterocycles. The van der Waals surface area contributed by atoms with E-state index in [2.05, 4.69) is 74.4 Å². The first-order valence-corrected chi connectivity index (χ1v) is 7.07. The third kappa shape index (κ3) is 3.20. The Bertz CT molecular complexity index is 582. The van der Waals surface area contributed by atoms with Gasteiger partial charge >= 0.3 is 0 Å². The minimum Gasteiger partial charge on any atom is -0.344 e. The minimum absolute atomic E-state index is 0.881. The zero-order valence-corrected chi connectivity index (χ0v) is 13.1. The molecule has 0 radical (unpaired) electrons. The Hall–Kier alpha value is -1.80. The van der Waals surface area contributed by atoms with Gasteiger partial charge < -0.3 is 10.2 Å². The molecule has 0 spiro atoms. The summed E-state index contributed by atoms with van der Waals surface area (Å²) < 4.78 is 0. The van der Waals surface area contributed by atoms with Gasteiger partial charge in [0.05, 0.1) is 0 Å². The van der Waals surface area contributed by atoms with E-state index in [1.807, 2.05) is 7.05 Å². The first kappa shape index (κ1) is 14.6. The van der Waals surface area contributed by atoms with Gasteiger partial charge in [-0.2, -0.15) is 0 Å². The van der Waals surface area contributed by atoms with Crippen LogP contribution >= 0.6 is 0 Å². The molecule has 2 nitrogen and oxygen atoms in total. The van der Waals surface area contributed by atoms with Crippen LogP contribution in [0, 0.1) is 20.8 Å². The fourth-order valence-electron chi connectivity index (χ4n) is 2.66. The van der Waals surface area contributed by atoms with Gasteiger partial charge in [0.2, 0.25) is 0 Å². The van der Waals surface area contributed by atoms with Crippen LogP contribution in [-0.2, 0) is 6.54 Å². The summed E-state index contributed by atoms with van der Waals surface area (Å²) in [6.07, 6.45) is 0. The summed E-state index contributed by atoms with van der Waals surface area (Å²) in [4.78, 5) is 2.27. The molecular formula is C18H24N2. The summed E-state index contributed by atoms with van der Waals surface area (Å²) in [6.45, 7) is 7.31. The lowest BCUT2D eigenvalue weighted by Crippen LogP contribution is -2.15. The Morgan fingerprint density at radius 3 is 2.15 bits per heavy atom. The van der Waals surface area contributed by atoms with Gasteiger partial charge in [0.1, 0.15) is 0 Å². The van der Waals surface area contributed by atoms with Crippen molar-refractivity contribution in [1.82, 2.24) is 5.32 Å². The lowest BCUT2D eigenvalue weighted by atomic mass is 10.1. The molecule has 0 saturated carbocycles. The van der Waals surface area contributed by atoms with Crippen molar-refractivity contribution in [2.75, 3.05) is 19.0 Å². The van der Waals surface area contributed by atoms with Crippen LogP contribution < -0.4 is 10.2 Å². The molecule has 106 valence electrons. The fourth-order valence-corrected chi connectivity index (χ4v) is 2.66. The third-order valence-electron chi connectivity index (χ3n) is 3.56. The van der Waals surface area contributed by atoms with Crippen LogP contribution in [0.15, 0.2) is 36.4 Å². The molecule has 0 amide bonds. The Kier molecular flexibility index (Phi) is 4.46. The molecule has 2 aromatic carbocycles. The molecule has 20 heavy (non-hydrogen) atoms. The van der Waals surface area contributed by atoms with E-state index in [4.69, 9.17) is 0 Å². The number of aryl methyl sites for hydroxylation is 3. The smallest absolute Gasteiger partial charge is 0.0453 e. The molecule has 2 heteroatoms. The summed E-state index contributed by atoms with van der Waals surface area (Å²) in [5, 5.41) is 3.25. The van der Waals surface area contributed by atoms with Crippen LogP contribution in [0.3, 0.4) is 0 Å². The second kappa shape index (κ2) is 6.10. The standard InChI is InChI=1S/C18H24N2/c1-13-6-7-18(16(9-13)12-19-4)20(5)17-10-14(2)8-15(3)11-17/h6-11,19H,12H2,1-5H3. The van der Waals surface area contributed by atoms with Crippen molar-refractivity contribution in [2.45, 2.75) is 27.3 Å². The molecule has 0 aliphatic heterocycles. The highest BCUT2D eigenvalue weighted by molar-refractivity contribution is 5.67. The molecular weight excluding hydrogens is 244 g/mol. The highest BCUT2D eigenvalue weighted by Gasteiger charge is 2.10. The van der Waals surface area contributed by atoms with E-state index >= 15 is 0 Å². The summed E-state index contributed by atoms with van der Waals surface area (Å²) in [6, 6.07) is 13.3. The first-order chi connectivity index (χ1) is 9.51. The van der Waals surface area contributed by atoms with Crippen LogP contribution in [0.4, 0.5) is 11.4 Å². The number of hydrogen-bond acceptors (Lipinski definition) is 2. The molecule has 0 bridgehead atoms. The van der Waals surface area contributed by atoms with E-state index in [0.717, 1.165) is 6.54 Å². The predicted octanol–water partition coefficient (Wildman–Crippen LogP) is 4.10. The molecule has 0 saturated heterocycles. The number of anilines is 2. The van der Waals surface area contributed by atoms with E-state index in [1.54, 1.807) is 0 Å². The van der Waals surface area contributed by atoms with Gasteiger partial charge in [-0.25, -0.2) is 0 Å². The SMILES string of the molecule is CNCc1cc(C)ccc1N(C)c1cc(C)cc(C)c1. The zero-order chi connectivity index (χ0) is 14.7. The van der Waals surface area contributed by atoms with Crippen molar-refractivity contribution < 1.29 is 0 Å². The Labute approximate surface area is 122 Å². The van der Waals surface area contributed by atoms with Crippen molar-refractivity contribution in [2.24, 2.45) is 0 Å². The molecule has 2 aromatic rings. The van der Waals surface area contributed by atoms with Gasteiger partial charge in [0.25, 0.3) is 0 Å². The maximum absolute atomic E-state index is 3.25. The monoisotopic (exact) mass is 268 g/mol. The minimum atomic E-state index is 0.881. The second-order valence-electron chi connectivity index (χ2n) is 5.57. The van der Waals surface area contributed by atoms with Crippen LogP contribution in [0.5, 0.6) is 0 Å². The van der Waals surface area contributed by atoms with E-state index in [0.29, 0.717) is 0 Å². The van der Waals surface area contributed by atoms with Crippen LogP contribution in [-0.4, -0.2) is 14.1 Å². The summed E-state index contributed by atoms with van der Waals surface area (Å²) in [5.74, 6) is 0. The Balaban J connectivity index is 2.44. The van der Waals surface area contributed by atoms with Crippen LogP contribution in [0.2, 0.25) is 0 Å². The molecule has 0 atom stereocenters. The quantitative estimate of drug-likeness (QED) is 0.898.